The predicted octanol–water partition coefficient (Wildman–Crippen LogP) is 3.44. The Morgan fingerprint density at radius 1 is 1.43 bits per heavy atom. The van der Waals surface area contributed by atoms with E-state index in [0.717, 1.165) is 32.5 Å². The van der Waals surface area contributed by atoms with Crippen molar-refractivity contribution in [2.45, 2.75) is 65.0 Å². The molecule has 1 saturated heterocycles. The molecule has 0 saturated carbocycles. The summed E-state index contributed by atoms with van der Waals surface area (Å²) in [5.41, 5.74) is -0.136. The fourth-order valence-corrected chi connectivity index (χ4v) is 4.43. The molecule has 21 heavy (non-hydrogen) atoms. The number of hydrogen-bond acceptors (Lipinski definition) is 5. The molecule has 0 amide bonds. The van der Waals surface area contributed by atoms with Crippen molar-refractivity contribution in [3.63, 3.8) is 0 Å². The first-order valence-electron chi connectivity index (χ1n) is 7.74. The molecule has 1 N–H and O–H groups in total. The minimum absolute atomic E-state index is 0.136. The summed E-state index contributed by atoms with van der Waals surface area (Å²) < 4.78 is 13.0. The minimum Gasteiger partial charge on any atom is -0.381 e. The lowest BCUT2D eigenvalue weighted by Gasteiger charge is -2.44. The van der Waals surface area contributed by atoms with E-state index < -0.39 is 8.53 Å². The van der Waals surface area contributed by atoms with Crippen molar-refractivity contribution in [2.75, 3.05) is 19.8 Å². The lowest BCUT2D eigenvalue weighted by atomic mass is 9.85. The molecule has 1 fully saturated rings. The fraction of sp³-hybridized carbons (Fsp3) is 0.933. The van der Waals surface area contributed by atoms with Crippen molar-refractivity contribution in [2.24, 2.45) is 5.92 Å². The van der Waals surface area contributed by atoms with Crippen molar-refractivity contribution < 1.29 is 14.2 Å². The zero-order chi connectivity index (χ0) is 15.9. The molecule has 0 aromatic heterocycles. The molecular weight excluding hydrogens is 287 g/mol. The van der Waals surface area contributed by atoms with Gasteiger partial charge < -0.3 is 14.2 Å². The number of ether oxygens (including phenoxy) is 1. The van der Waals surface area contributed by atoms with Crippen LogP contribution in [-0.4, -0.2) is 41.0 Å². The first-order valence-corrected chi connectivity index (χ1v) is 8.91. The quantitative estimate of drug-likeness (QED) is 0.549. The molecule has 6 heteroatoms. The minimum atomic E-state index is -1.66. The molecule has 1 heterocycles. The van der Waals surface area contributed by atoms with Crippen LogP contribution in [-0.2, 0) is 9.26 Å². The van der Waals surface area contributed by atoms with Crippen LogP contribution < -0.4 is 0 Å². The molecule has 1 aliphatic heterocycles. The van der Waals surface area contributed by atoms with E-state index in [9.17, 15) is 4.89 Å². The molecule has 1 aliphatic rings. The van der Waals surface area contributed by atoms with Crippen LogP contribution in [0.15, 0.2) is 0 Å². The lowest BCUT2D eigenvalue weighted by Crippen LogP contribution is -2.46. The Hall–Kier alpha value is -0.240. The van der Waals surface area contributed by atoms with Gasteiger partial charge in [0.2, 0.25) is 0 Å². The molecule has 1 rings (SSSR count). The third kappa shape index (κ3) is 6.18. The average molecular weight is 316 g/mol. The maximum Gasteiger partial charge on any atom is 0.256 e. The second-order valence-corrected chi connectivity index (χ2v) is 7.70. The second kappa shape index (κ2) is 9.02. The SMILES string of the molecule is CC(C)N(P(O)OCCC#N)C(C)(C)CC1CCOCC1. The van der Waals surface area contributed by atoms with E-state index in [4.69, 9.17) is 14.5 Å². The van der Waals surface area contributed by atoms with Crippen molar-refractivity contribution in [3.8, 4) is 6.07 Å². The van der Waals surface area contributed by atoms with Gasteiger partial charge in [0.05, 0.1) is 19.1 Å². The van der Waals surface area contributed by atoms with Crippen molar-refractivity contribution in [3.05, 3.63) is 0 Å². The van der Waals surface area contributed by atoms with E-state index in [1.165, 1.54) is 0 Å². The number of hydrogen-bond donors (Lipinski definition) is 1. The van der Waals surface area contributed by atoms with Gasteiger partial charge in [0.1, 0.15) is 0 Å². The molecule has 122 valence electrons. The molecule has 0 bridgehead atoms. The fourth-order valence-electron chi connectivity index (χ4n) is 3.11. The molecule has 5 nitrogen and oxygen atoms in total. The average Bonchev–Trinajstić information content (AvgIpc) is 2.38. The van der Waals surface area contributed by atoms with Gasteiger partial charge >= 0.3 is 0 Å². The van der Waals surface area contributed by atoms with Crippen LogP contribution in [0.4, 0.5) is 0 Å². The maximum atomic E-state index is 10.4. The van der Waals surface area contributed by atoms with Crippen LogP contribution in [0.25, 0.3) is 0 Å². The molecule has 0 aliphatic carbocycles. The van der Waals surface area contributed by atoms with Crippen LogP contribution in [0.5, 0.6) is 0 Å². The Bertz CT molecular complexity index is 338. The zero-order valence-corrected chi connectivity index (χ0v) is 14.6. The van der Waals surface area contributed by atoms with Gasteiger partial charge in [0.25, 0.3) is 8.53 Å². The zero-order valence-electron chi connectivity index (χ0n) is 13.7. The maximum absolute atomic E-state index is 10.4. The summed E-state index contributed by atoms with van der Waals surface area (Å²) >= 11 is 0. The largest absolute Gasteiger partial charge is 0.381 e. The highest BCUT2D eigenvalue weighted by Gasteiger charge is 2.37. The van der Waals surface area contributed by atoms with Crippen molar-refractivity contribution >= 4 is 8.53 Å². The standard InChI is InChI=1S/C15H29N2O3P/c1-13(2)17(21(18)20-9-5-8-16)15(3,4)12-14-6-10-19-11-7-14/h13-14,18H,5-7,9-12H2,1-4H3. The Balaban J connectivity index is 2.64. The van der Waals surface area contributed by atoms with E-state index in [2.05, 4.69) is 32.4 Å². The van der Waals surface area contributed by atoms with E-state index >= 15 is 0 Å². The summed E-state index contributed by atoms with van der Waals surface area (Å²) in [6.45, 7) is 10.5. The summed E-state index contributed by atoms with van der Waals surface area (Å²) in [4.78, 5) is 10.4. The predicted molar refractivity (Wildman–Crippen MR) is 84.5 cm³/mol. The van der Waals surface area contributed by atoms with Gasteiger partial charge in [-0.05, 0) is 52.9 Å². The van der Waals surface area contributed by atoms with Gasteiger partial charge in [0.15, 0.2) is 0 Å². The highest BCUT2D eigenvalue weighted by Crippen LogP contribution is 2.46. The smallest absolute Gasteiger partial charge is 0.256 e. The van der Waals surface area contributed by atoms with Gasteiger partial charge in [-0.1, -0.05) is 0 Å². The van der Waals surface area contributed by atoms with Gasteiger partial charge in [0, 0.05) is 24.8 Å². The normalized spacial score (nSPS) is 19.0. The van der Waals surface area contributed by atoms with Crippen LogP contribution in [0, 0.1) is 17.2 Å². The molecule has 0 radical (unpaired) electrons. The highest BCUT2D eigenvalue weighted by atomic mass is 31.2. The third-order valence-corrected chi connectivity index (χ3v) is 5.63. The molecule has 1 unspecified atom stereocenters. The number of nitrogens with zero attached hydrogens (tertiary/aromatic N) is 2. The van der Waals surface area contributed by atoms with Gasteiger partial charge in [-0.2, -0.15) is 5.26 Å². The van der Waals surface area contributed by atoms with Crippen LogP contribution in [0.3, 0.4) is 0 Å². The van der Waals surface area contributed by atoms with E-state index in [1.54, 1.807) is 0 Å². The Morgan fingerprint density at radius 3 is 2.57 bits per heavy atom. The summed E-state index contributed by atoms with van der Waals surface area (Å²) in [5.74, 6) is 0.637. The van der Waals surface area contributed by atoms with E-state index in [0.29, 0.717) is 12.3 Å². The summed E-state index contributed by atoms with van der Waals surface area (Å²) in [6, 6.07) is 2.23. The molecule has 1 atom stereocenters. The molecule has 0 spiro atoms. The first kappa shape index (κ1) is 18.8. The Kier molecular flexibility index (Phi) is 8.08. The van der Waals surface area contributed by atoms with E-state index in [1.807, 2.05) is 6.07 Å². The van der Waals surface area contributed by atoms with Crippen molar-refractivity contribution in [1.82, 2.24) is 4.67 Å². The van der Waals surface area contributed by atoms with Crippen LogP contribution in [0.2, 0.25) is 0 Å². The topological polar surface area (TPSA) is 65.7 Å². The molecule has 0 aromatic carbocycles. The van der Waals surface area contributed by atoms with Gasteiger partial charge in [-0.3, -0.25) is 0 Å². The van der Waals surface area contributed by atoms with Gasteiger partial charge in [-0.15, -0.1) is 0 Å². The Morgan fingerprint density at radius 2 is 2.05 bits per heavy atom. The lowest BCUT2D eigenvalue weighted by molar-refractivity contribution is 0.0411. The summed E-state index contributed by atoms with van der Waals surface area (Å²) in [6.07, 6.45) is 3.52. The number of nitriles is 1. The Labute approximate surface area is 130 Å². The highest BCUT2D eigenvalue weighted by molar-refractivity contribution is 7.43. The van der Waals surface area contributed by atoms with E-state index in [-0.39, 0.29) is 18.2 Å². The van der Waals surface area contributed by atoms with Crippen LogP contribution >= 0.6 is 8.53 Å². The van der Waals surface area contributed by atoms with Crippen molar-refractivity contribution in [1.29, 1.82) is 5.26 Å². The summed E-state index contributed by atoms with van der Waals surface area (Å²) in [7, 11) is -1.66. The number of rotatable bonds is 8. The summed E-state index contributed by atoms with van der Waals surface area (Å²) in [5, 5.41) is 8.57. The molecule has 0 aromatic rings. The first-order chi connectivity index (χ1) is 9.88. The third-order valence-electron chi connectivity index (χ3n) is 3.84. The monoisotopic (exact) mass is 316 g/mol. The van der Waals surface area contributed by atoms with Crippen LogP contribution in [0.1, 0.15) is 53.4 Å². The molecular formula is C15H29N2O3P. The second-order valence-electron chi connectivity index (χ2n) is 6.50. The van der Waals surface area contributed by atoms with Gasteiger partial charge in [-0.25, -0.2) is 4.67 Å².